The molecule has 31 heavy (non-hydrogen) atoms. The van der Waals surface area contributed by atoms with E-state index in [0.717, 1.165) is 12.1 Å². The predicted molar refractivity (Wildman–Crippen MR) is 110 cm³/mol. The third-order valence-corrected chi connectivity index (χ3v) is 4.78. The Balaban J connectivity index is 2.12. The first-order valence-electron chi connectivity index (χ1n) is 9.24. The molecule has 0 atom stereocenters. The summed E-state index contributed by atoms with van der Waals surface area (Å²) in [5.41, 5.74) is 0.778. The lowest BCUT2D eigenvalue weighted by Gasteiger charge is -2.11. The molecular weight excluding hydrogens is 431 g/mol. The van der Waals surface area contributed by atoms with Gasteiger partial charge in [-0.2, -0.15) is 18.4 Å². The number of carbonyl (C=O) groups excluding carboxylic acids is 1. The first-order valence-corrected chi connectivity index (χ1v) is 9.62. The molecule has 3 aromatic rings. The minimum absolute atomic E-state index is 0.0870. The number of ether oxygens (including phenoxy) is 1. The Morgan fingerprint density at radius 2 is 2.10 bits per heavy atom. The molecule has 1 aromatic carbocycles. The molecule has 0 unspecified atom stereocenters. The maximum Gasteiger partial charge on any atom is 0.416 e. The lowest BCUT2D eigenvalue weighted by Crippen LogP contribution is -2.07. The number of esters is 1. The molecule has 0 aliphatic heterocycles. The van der Waals surface area contributed by atoms with Crippen molar-refractivity contribution in [1.29, 1.82) is 5.26 Å². The van der Waals surface area contributed by atoms with Crippen molar-refractivity contribution >= 4 is 34.7 Å². The Hall–Kier alpha value is -3.31. The highest BCUT2D eigenvalue weighted by molar-refractivity contribution is 6.35. The zero-order chi connectivity index (χ0) is 22.8. The van der Waals surface area contributed by atoms with Crippen LogP contribution in [0.5, 0.6) is 0 Å². The number of pyridine rings is 1. The minimum atomic E-state index is -4.46. The number of aryl methyl sites for hydroxylation is 1. The Morgan fingerprint density at radius 1 is 1.35 bits per heavy atom. The number of fused-ring (bicyclic) bond motifs is 1. The van der Waals surface area contributed by atoms with E-state index in [4.69, 9.17) is 16.3 Å². The molecule has 0 N–H and O–H groups in total. The molecule has 0 fully saturated rings. The number of benzene rings is 1. The first kappa shape index (κ1) is 22.4. The summed E-state index contributed by atoms with van der Waals surface area (Å²) in [6.45, 7) is 3.41. The fraction of sp³-hybridized carbons (Fsp3) is 0.227. The molecule has 9 heteroatoms. The molecule has 3 rings (SSSR count). The minimum Gasteiger partial charge on any atom is -0.462 e. The van der Waals surface area contributed by atoms with E-state index >= 15 is 0 Å². The highest BCUT2D eigenvalue weighted by Gasteiger charge is 2.31. The second kappa shape index (κ2) is 8.82. The van der Waals surface area contributed by atoms with Gasteiger partial charge < -0.3 is 9.30 Å². The van der Waals surface area contributed by atoms with E-state index in [-0.39, 0.29) is 18.7 Å². The van der Waals surface area contributed by atoms with E-state index in [1.807, 2.05) is 0 Å². The van der Waals surface area contributed by atoms with Crippen molar-refractivity contribution in [2.45, 2.75) is 26.6 Å². The van der Waals surface area contributed by atoms with Crippen molar-refractivity contribution in [3.8, 4) is 6.07 Å². The summed E-state index contributed by atoms with van der Waals surface area (Å²) in [7, 11) is 0. The topological polar surface area (TPSA) is 67.9 Å². The summed E-state index contributed by atoms with van der Waals surface area (Å²) < 4.78 is 46.1. The van der Waals surface area contributed by atoms with Gasteiger partial charge in [-0.3, -0.25) is 0 Å². The van der Waals surface area contributed by atoms with Crippen molar-refractivity contribution < 1.29 is 22.7 Å². The third kappa shape index (κ3) is 4.89. The van der Waals surface area contributed by atoms with Crippen LogP contribution in [-0.4, -0.2) is 22.1 Å². The highest BCUT2D eigenvalue weighted by atomic mass is 35.5. The number of alkyl halides is 3. The number of carbonyl (C=O) groups is 1. The standard InChI is InChI=1S/C22H17ClF3N3O2/c1-3-31-21(30)15(10-27)9-16-12-29(20-19(16)18(23)4-5-28-20)11-14-6-13(2)7-17(8-14)22(24,25)26/h4-9,12H,3,11H2,1-2H3/b15-9+. The monoisotopic (exact) mass is 447 g/mol. The van der Waals surface area contributed by atoms with Crippen LogP contribution < -0.4 is 0 Å². The molecule has 2 heterocycles. The van der Waals surface area contributed by atoms with Crippen LogP contribution in [0.2, 0.25) is 5.02 Å². The van der Waals surface area contributed by atoms with Crippen LogP contribution in [-0.2, 0) is 22.3 Å². The van der Waals surface area contributed by atoms with Gasteiger partial charge in [-0.1, -0.05) is 23.2 Å². The van der Waals surface area contributed by atoms with E-state index in [2.05, 4.69) is 4.98 Å². The Bertz CT molecular complexity index is 1220. The largest absolute Gasteiger partial charge is 0.462 e. The van der Waals surface area contributed by atoms with Crippen molar-refractivity contribution in [1.82, 2.24) is 9.55 Å². The lowest BCUT2D eigenvalue weighted by atomic mass is 10.1. The van der Waals surface area contributed by atoms with E-state index in [1.165, 1.54) is 12.3 Å². The van der Waals surface area contributed by atoms with Gasteiger partial charge in [0.25, 0.3) is 0 Å². The zero-order valence-corrected chi connectivity index (χ0v) is 17.4. The fourth-order valence-electron chi connectivity index (χ4n) is 3.25. The molecule has 0 bridgehead atoms. The normalized spacial score (nSPS) is 12.1. The molecule has 2 aromatic heterocycles. The average Bonchev–Trinajstić information content (AvgIpc) is 3.03. The summed E-state index contributed by atoms with van der Waals surface area (Å²) in [4.78, 5) is 16.3. The van der Waals surface area contributed by atoms with E-state index < -0.39 is 17.7 Å². The van der Waals surface area contributed by atoms with Crippen molar-refractivity contribution in [3.63, 3.8) is 0 Å². The van der Waals surface area contributed by atoms with E-state index in [1.54, 1.807) is 42.8 Å². The van der Waals surface area contributed by atoms with Gasteiger partial charge in [0.1, 0.15) is 17.3 Å². The van der Waals surface area contributed by atoms with E-state index in [9.17, 15) is 23.2 Å². The van der Waals surface area contributed by atoms with Gasteiger partial charge in [0.2, 0.25) is 0 Å². The van der Waals surface area contributed by atoms with Crippen LogP contribution in [0.1, 0.15) is 29.2 Å². The number of nitrogens with zero attached hydrogens (tertiary/aromatic N) is 3. The average molecular weight is 448 g/mol. The smallest absolute Gasteiger partial charge is 0.416 e. The lowest BCUT2D eigenvalue weighted by molar-refractivity contribution is -0.138. The molecule has 5 nitrogen and oxygen atoms in total. The fourth-order valence-corrected chi connectivity index (χ4v) is 3.50. The predicted octanol–water partition coefficient (Wildman–Crippen LogP) is 5.54. The van der Waals surface area contributed by atoms with Gasteiger partial charge in [0.05, 0.1) is 17.2 Å². The quantitative estimate of drug-likeness (QED) is 0.293. The van der Waals surface area contributed by atoms with Crippen LogP contribution in [0.15, 0.2) is 42.2 Å². The van der Waals surface area contributed by atoms with Crippen LogP contribution in [0.4, 0.5) is 13.2 Å². The second-order valence-corrected chi connectivity index (χ2v) is 7.21. The highest BCUT2D eigenvalue weighted by Crippen LogP contribution is 2.32. The summed E-state index contributed by atoms with van der Waals surface area (Å²) in [5.74, 6) is -0.778. The van der Waals surface area contributed by atoms with Gasteiger partial charge in [0.15, 0.2) is 0 Å². The molecule has 0 spiro atoms. The number of hydrogen-bond donors (Lipinski definition) is 0. The summed E-state index contributed by atoms with van der Waals surface area (Å²) in [5, 5.41) is 10.1. The van der Waals surface area contributed by atoms with Crippen LogP contribution >= 0.6 is 11.6 Å². The summed E-state index contributed by atoms with van der Waals surface area (Å²) in [6, 6.07) is 7.17. The van der Waals surface area contributed by atoms with Crippen molar-refractivity contribution in [2.24, 2.45) is 0 Å². The molecule has 0 radical (unpaired) electrons. The van der Waals surface area contributed by atoms with Gasteiger partial charge in [-0.25, -0.2) is 9.78 Å². The van der Waals surface area contributed by atoms with Crippen LogP contribution in [0, 0.1) is 18.3 Å². The van der Waals surface area contributed by atoms with E-state index in [0.29, 0.717) is 32.7 Å². The van der Waals surface area contributed by atoms with Crippen molar-refractivity contribution in [3.05, 3.63) is 69.5 Å². The molecular formula is C22H17ClF3N3O2. The summed E-state index contributed by atoms with van der Waals surface area (Å²) >= 11 is 6.33. The maximum atomic E-state index is 13.2. The number of rotatable bonds is 5. The first-order chi connectivity index (χ1) is 14.6. The van der Waals surface area contributed by atoms with Crippen LogP contribution in [0.25, 0.3) is 17.1 Å². The second-order valence-electron chi connectivity index (χ2n) is 6.80. The molecule has 0 amide bonds. The Kier molecular flexibility index (Phi) is 6.37. The number of aromatic nitrogens is 2. The van der Waals surface area contributed by atoms with Gasteiger partial charge in [0, 0.05) is 29.9 Å². The Morgan fingerprint density at radius 3 is 2.74 bits per heavy atom. The summed E-state index contributed by atoms with van der Waals surface area (Å²) in [6.07, 6.45) is -0.0591. The third-order valence-electron chi connectivity index (χ3n) is 4.47. The zero-order valence-electron chi connectivity index (χ0n) is 16.6. The number of nitriles is 1. The maximum absolute atomic E-state index is 13.2. The molecule has 0 aliphatic carbocycles. The molecule has 0 saturated heterocycles. The SMILES string of the molecule is CCOC(=O)/C(C#N)=C/c1cn(Cc2cc(C)cc(C(F)(F)F)c2)c2nccc(Cl)c12. The van der Waals surface area contributed by atoms with Gasteiger partial charge >= 0.3 is 12.1 Å². The van der Waals surface area contributed by atoms with Gasteiger partial charge in [-0.15, -0.1) is 0 Å². The number of halogens is 4. The number of hydrogen-bond acceptors (Lipinski definition) is 4. The molecule has 0 aliphatic rings. The Labute approximate surface area is 181 Å². The van der Waals surface area contributed by atoms with Crippen molar-refractivity contribution in [2.75, 3.05) is 6.61 Å². The van der Waals surface area contributed by atoms with Crippen LogP contribution in [0.3, 0.4) is 0 Å². The van der Waals surface area contributed by atoms with Gasteiger partial charge in [-0.05, 0) is 43.7 Å². The molecule has 0 saturated carbocycles. The molecule has 160 valence electrons.